The Morgan fingerprint density at radius 3 is 2.60 bits per heavy atom. The Labute approximate surface area is 122 Å². The van der Waals surface area contributed by atoms with E-state index in [-0.39, 0.29) is 5.91 Å². The summed E-state index contributed by atoms with van der Waals surface area (Å²) in [6.07, 6.45) is 7.64. The highest BCUT2D eigenvalue weighted by atomic mass is 32.1. The van der Waals surface area contributed by atoms with Crippen LogP contribution in [0.1, 0.15) is 41.8 Å². The Balaban J connectivity index is 1.89. The van der Waals surface area contributed by atoms with Crippen LogP contribution in [0, 0.1) is 0 Å². The van der Waals surface area contributed by atoms with E-state index < -0.39 is 0 Å². The van der Waals surface area contributed by atoms with Crippen molar-refractivity contribution in [2.24, 2.45) is 0 Å². The fraction of sp³-hybridized carbons (Fsp3) is 0.467. The first-order valence-electron chi connectivity index (χ1n) is 7.19. The van der Waals surface area contributed by atoms with Crippen LogP contribution >= 0.6 is 11.3 Å². The summed E-state index contributed by atoms with van der Waals surface area (Å²) in [5.74, 6) is 0.0763. The summed E-state index contributed by atoms with van der Waals surface area (Å²) in [5, 5.41) is 0.896. The van der Waals surface area contributed by atoms with Gasteiger partial charge in [0, 0.05) is 24.7 Å². The number of thiophene rings is 1. The first kappa shape index (κ1) is 13.4. The van der Waals surface area contributed by atoms with Crippen molar-refractivity contribution < 1.29 is 4.79 Å². The number of amides is 1. The number of aromatic nitrogens is 1. The number of nitrogens with zero attached hydrogens (tertiary/aromatic N) is 2. The van der Waals surface area contributed by atoms with E-state index in [2.05, 4.69) is 4.98 Å². The second kappa shape index (κ2) is 5.79. The summed E-state index contributed by atoms with van der Waals surface area (Å²) in [6, 6.07) is 3.79. The molecule has 1 aliphatic rings. The summed E-state index contributed by atoms with van der Waals surface area (Å²) in [6.45, 7) is 1.69. The molecular weight excluding hydrogens is 270 g/mol. The average Bonchev–Trinajstić information content (AvgIpc) is 2.76. The third-order valence-corrected chi connectivity index (χ3v) is 4.96. The van der Waals surface area contributed by atoms with E-state index in [1.807, 2.05) is 17.0 Å². The second-order valence-corrected chi connectivity index (χ2v) is 6.26. The molecular formula is C15H19N3OS. The number of likely N-dealkylation sites (tertiary alicyclic amines) is 1. The Morgan fingerprint density at radius 2 is 1.90 bits per heavy atom. The molecule has 106 valence electrons. The number of carbonyl (C=O) groups excluding carboxylic acids is 1. The van der Waals surface area contributed by atoms with Gasteiger partial charge in [-0.05, 0) is 25.0 Å². The van der Waals surface area contributed by atoms with Gasteiger partial charge in [0.2, 0.25) is 0 Å². The van der Waals surface area contributed by atoms with Crippen LogP contribution in [0.4, 0.5) is 5.69 Å². The number of anilines is 1. The van der Waals surface area contributed by atoms with Crippen molar-refractivity contribution in [2.75, 3.05) is 18.8 Å². The van der Waals surface area contributed by atoms with E-state index >= 15 is 0 Å². The summed E-state index contributed by atoms with van der Waals surface area (Å²) < 4.78 is 0. The smallest absolute Gasteiger partial charge is 0.266 e. The van der Waals surface area contributed by atoms with Crippen LogP contribution in [0.15, 0.2) is 18.3 Å². The monoisotopic (exact) mass is 289 g/mol. The van der Waals surface area contributed by atoms with Gasteiger partial charge in [0.05, 0.1) is 5.69 Å². The fourth-order valence-corrected chi connectivity index (χ4v) is 3.74. The van der Waals surface area contributed by atoms with E-state index in [0.717, 1.165) is 36.1 Å². The van der Waals surface area contributed by atoms with Gasteiger partial charge in [0.25, 0.3) is 5.91 Å². The Kier molecular flexibility index (Phi) is 3.87. The summed E-state index contributed by atoms with van der Waals surface area (Å²) >= 11 is 1.41. The zero-order valence-corrected chi connectivity index (χ0v) is 12.3. The van der Waals surface area contributed by atoms with E-state index in [0.29, 0.717) is 10.6 Å². The minimum Gasteiger partial charge on any atom is -0.397 e. The number of carbonyl (C=O) groups is 1. The first-order chi connectivity index (χ1) is 9.77. The van der Waals surface area contributed by atoms with E-state index in [1.165, 1.54) is 30.6 Å². The Hall–Kier alpha value is -1.62. The molecule has 3 heterocycles. The standard InChI is InChI=1S/C15H19N3OS/c16-12-11-7-6-8-17-14(11)20-13(12)15(19)18-9-4-2-1-3-5-10-18/h6-8H,1-5,9-10,16H2. The molecule has 1 amide bonds. The molecule has 0 bridgehead atoms. The van der Waals surface area contributed by atoms with Crippen LogP contribution in [0.2, 0.25) is 0 Å². The van der Waals surface area contributed by atoms with Gasteiger partial charge in [0.1, 0.15) is 9.71 Å². The number of hydrogen-bond donors (Lipinski definition) is 1. The maximum atomic E-state index is 12.7. The van der Waals surface area contributed by atoms with Crippen LogP contribution in [0.25, 0.3) is 10.2 Å². The molecule has 0 aromatic carbocycles. The van der Waals surface area contributed by atoms with Gasteiger partial charge >= 0.3 is 0 Å². The Morgan fingerprint density at radius 1 is 1.20 bits per heavy atom. The number of fused-ring (bicyclic) bond motifs is 1. The van der Waals surface area contributed by atoms with Crippen LogP contribution in [0.3, 0.4) is 0 Å². The zero-order valence-electron chi connectivity index (χ0n) is 11.5. The number of nitrogen functional groups attached to an aromatic ring is 1. The van der Waals surface area contributed by atoms with Crippen LogP contribution in [-0.4, -0.2) is 28.9 Å². The molecule has 20 heavy (non-hydrogen) atoms. The Bertz CT molecular complexity index is 615. The maximum Gasteiger partial charge on any atom is 0.266 e. The molecule has 2 aromatic rings. The number of rotatable bonds is 1. The second-order valence-electron chi connectivity index (χ2n) is 5.26. The molecule has 1 aliphatic heterocycles. The molecule has 0 unspecified atom stereocenters. The van der Waals surface area contributed by atoms with E-state index in [1.54, 1.807) is 6.20 Å². The molecule has 1 saturated heterocycles. The number of pyridine rings is 1. The van der Waals surface area contributed by atoms with Crippen LogP contribution in [0.5, 0.6) is 0 Å². The predicted molar refractivity (Wildman–Crippen MR) is 83.0 cm³/mol. The first-order valence-corrected chi connectivity index (χ1v) is 8.01. The van der Waals surface area contributed by atoms with Crippen LogP contribution < -0.4 is 5.73 Å². The highest BCUT2D eigenvalue weighted by Gasteiger charge is 2.22. The summed E-state index contributed by atoms with van der Waals surface area (Å²) in [5.41, 5.74) is 6.73. The summed E-state index contributed by atoms with van der Waals surface area (Å²) in [4.78, 5) is 20.4. The molecule has 1 fully saturated rings. The third-order valence-electron chi connectivity index (χ3n) is 3.84. The van der Waals surface area contributed by atoms with Crippen LogP contribution in [-0.2, 0) is 0 Å². The van der Waals surface area contributed by atoms with Crippen molar-refractivity contribution in [3.63, 3.8) is 0 Å². The predicted octanol–water partition coefficient (Wildman–Crippen LogP) is 3.28. The molecule has 0 atom stereocenters. The van der Waals surface area contributed by atoms with Gasteiger partial charge in [0.15, 0.2) is 0 Å². The summed E-state index contributed by atoms with van der Waals surface area (Å²) in [7, 11) is 0. The van der Waals surface area contributed by atoms with Crippen molar-refractivity contribution in [1.29, 1.82) is 0 Å². The quantitative estimate of drug-likeness (QED) is 0.876. The highest BCUT2D eigenvalue weighted by molar-refractivity contribution is 7.21. The van der Waals surface area contributed by atoms with Crippen molar-refractivity contribution in [3.8, 4) is 0 Å². The lowest BCUT2D eigenvalue weighted by molar-refractivity contribution is 0.0748. The molecule has 0 radical (unpaired) electrons. The lowest BCUT2D eigenvalue weighted by atomic mass is 10.1. The SMILES string of the molecule is Nc1c(C(=O)N2CCCCCCC2)sc2ncccc12. The van der Waals surface area contributed by atoms with E-state index in [9.17, 15) is 4.79 Å². The molecule has 0 spiro atoms. The van der Waals surface area contributed by atoms with Crippen molar-refractivity contribution in [1.82, 2.24) is 9.88 Å². The molecule has 0 aliphatic carbocycles. The van der Waals surface area contributed by atoms with Crippen molar-refractivity contribution in [3.05, 3.63) is 23.2 Å². The normalized spacial score (nSPS) is 16.9. The number of hydrogen-bond acceptors (Lipinski definition) is 4. The highest BCUT2D eigenvalue weighted by Crippen LogP contribution is 2.33. The molecule has 4 nitrogen and oxygen atoms in total. The zero-order chi connectivity index (χ0) is 13.9. The minimum absolute atomic E-state index is 0.0763. The van der Waals surface area contributed by atoms with Gasteiger partial charge in [-0.3, -0.25) is 4.79 Å². The van der Waals surface area contributed by atoms with Gasteiger partial charge in [-0.25, -0.2) is 4.98 Å². The van der Waals surface area contributed by atoms with Crippen molar-refractivity contribution in [2.45, 2.75) is 32.1 Å². The maximum absolute atomic E-state index is 12.7. The third kappa shape index (κ3) is 2.50. The fourth-order valence-electron chi connectivity index (χ4n) is 2.70. The average molecular weight is 289 g/mol. The number of nitrogens with two attached hydrogens (primary N) is 1. The molecule has 3 rings (SSSR count). The van der Waals surface area contributed by atoms with Gasteiger partial charge < -0.3 is 10.6 Å². The molecule has 2 N–H and O–H groups in total. The topological polar surface area (TPSA) is 59.2 Å². The molecule has 0 saturated carbocycles. The lowest BCUT2D eigenvalue weighted by Gasteiger charge is -2.24. The molecule has 5 heteroatoms. The largest absolute Gasteiger partial charge is 0.397 e. The van der Waals surface area contributed by atoms with Gasteiger partial charge in [-0.1, -0.05) is 19.3 Å². The van der Waals surface area contributed by atoms with Crippen molar-refractivity contribution >= 4 is 33.1 Å². The minimum atomic E-state index is 0.0763. The van der Waals surface area contributed by atoms with Gasteiger partial charge in [-0.2, -0.15) is 0 Å². The lowest BCUT2D eigenvalue weighted by Crippen LogP contribution is -2.33. The van der Waals surface area contributed by atoms with E-state index in [4.69, 9.17) is 5.73 Å². The van der Waals surface area contributed by atoms with Gasteiger partial charge in [-0.15, -0.1) is 11.3 Å². The molecule has 2 aromatic heterocycles.